The lowest BCUT2D eigenvalue weighted by atomic mass is 10.1. The van der Waals surface area contributed by atoms with Gasteiger partial charge >= 0.3 is 0 Å². The van der Waals surface area contributed by atoms with Gasteiger partial charge in [-0.3, -0.25) is 0 Å². The lowest BCUT2D eigenvalue weighted by Crippen LogP contribution is -2.45. The topological polar surface area (TPSA) is 19.9 Å². The Hall–Kier alpha value is 1.21. The summed E-state index contributed by atoms with van der Waals surface area (Å²) in [7, 11) is 0. The van der Waals surface area contributed by atoms with Crippen LogP contribution in [0.2, 0.25) is 0 Å². The van der Waals surface area contributed by atoms with Gasteiger partial charge in [0.25, 0.3) is 0 Å². The van der Waals surface area contributed by atoms with Gasteiger partial charge < -0.3 is 0 Å². The highest BCUT2D eigenvalue weighted by Crippen LogP contribution is 2.60. The molecule has 1 radical (unpaired) electrons. The third kappa shape index (κ3) is 3.27. The van der Waals surface area contributed by atoms with Crippen molar-refractivity contribution < 1.29 is 5.11 Å². The smallest absolute Gasteiger partial charge is 0.226 e. The summed E-state index contributed by atoms with van der Waals surface area (Å²) in [6.07, 6.45) is 0. The van der Waals surface area contributed by atoms with Crippen molar-refractivity contribution in [2.45, 2.75) is 19.1 Å². The van der Waals surface area contributed by atoms with Crippen molar-refractivity contribution in [3.63, 3.8) is 0 Å². The molecule has 0 atom stereocenters. The summed E-state index contributed by atoms with van der Waals surface area (Å²) in [5, 5.41) is 10.7. The van der Waals surface area contributed by atoms with Crippen molar-refractivity contribution >= 4 is 81.2 Å². The molecule has 0 aromatic heterocycles. The average Bonchev–Trinajstić information content (AvgIpc) is 2.27. The number of hydrogen-bond acceptors (Lipinski definition) is 0. The van der Waals surface area contributed by atoms with Gasteiger partial charge in [-0.05, 0) is 11.1 Å². The summed E-state index contributed by atoms with van der Waals surface area (Å²) < 4.78 is -6.04. The van der Waals surface area contributed by atoms with Crippen LogP contribution in [0.1, 0.15) is 11.1 Å². The fraction of sp³-hybridized carbons (Fsp3) is 0.400. The first-order valence-electron chi connectivity index (χ1n) is 4.54. The minimum atomic E-state index is -2.10. The van der Waals surface area contributed by atoms with Crippen LogP contribution in [0.15, 0.2) is 24.3 Å². The van der Waals surface area contributed by atoms with Crippen molar-refractivity contribution in [3.8, 4) is 0 Å². The Morgan fingerprint density at radius 2 is 1.28 bits per heavy atom. The van der Waals surface area contributed by atoms with Crippen LogP contribution in [-0.4, -0.2) is 8.13 Å². The highest BCUT2D eigenvalue weighted by molar-refractivity contribution is 6.78. The van der Waals surface area contributed by atoms with E-state index >= 15 is 0 Å². The van der Waals surface area contributed by atoms with Crippen molar-refractivity contribution in [2.24, 2.45) is 0 Å². The number of alkyl halides is 7. The first-order valence-corrected chi connectivity index (χ1v) is 7.18. The van der Waals surface area contributed by atoms with E-state index in [1.165, 1.54) is 12.1 Å². The Morgan fingerprint density at radius 1 is 0.833 bits per heavy atom. The molecule has 8 heteroatoms. The quantitative estimate of drug-likeness (QED) is 0.582. The fourth-order valence-corrected chi connectivity index (χ4v) is 2.64. The molecule has 18 heavy (non-hydrogen) atoms. The Morgan fingerprint density at radius 3 is 1.61 bits per heavy atom. The Balaban J connectivity index is 3.19. The third-order valence-corrected chi connectivity index (χ3v) is 6.19. The minimum Gasteiger partial charge on any atom is -0.232 e. The van der Waals surface area contributed by atoms with E-state index in [9.17, 15) is 5.11 Å². The largest absolute Gasteiger partial charge is 0.232 e. The number of benzene rings is 1. The Bertz CT molecular complexity index is 407. The first kappa shape index (κ1) is 17.3. The van der Waals surface area contributed by atoms with E-state index in [0.717, 1.165) is 0 Å². The molecule has 0 aliphatic rings. The van der Waals surface area contributed by atoms with Crippen LogP contribution in [0.5, 0.6) is 0 Å². The molecule has 1 nitrogen and oxygen atoms in total. The summed E-state index contributed by atoms with van der Waals surface area (Å²) in [6, 6.07) is 6.10. The molecule has 0 saturated heterocycles. The molecule has 0 unspecified atom stereocenters. The maximum Gasteiger partial charge on any atom is 0.226 e. The molecule has 0 bridgehead atoms. The molecule has 0 aliphatic carbocycles. The van der Waals surface area contributed by atoms with E-state index in [1.54, 1.807) is 12.1 Å². The number of halogens is 7. The SMILES string of the molecule is [O]Cc1ccc(C(Cl)(Cl)C(Cl)(Cl)C(Cl)(Cl)Cl)cc1. The van der Waals surface area contributed by atoms with E-state index in [0.29, 0.717) is 11.1 Å². The zero-order chi connectivity index (χ0) is 14.2. The third-order valence-electron chi connectivity index (χ3n) is 2.23. The van der Waals surface area contributed by atoms with Gasteiger partial charge in [0.1, 0.15) is 6.61 Å². The van der Waals surface area contributed by atoms with Gasteiger partial charge in [-0.15, -0.1) is 0 Å². The highest BCUT2D eigenvalue weighted by Gasteiger charge is 2.60. The molecule has 0 fully saturated rings. The number of hydrogen-bond donors (Lipinski definition) is 0. The highest BCUT2D eigenvalue weighted by atomic mass is 35.6. The summed E-state index contributed by atoms with van der Waals surface area (Å²) in [4.78, 5) is 0. The monoisotopic (exact) mass is 387 g/mol. The van der Waals surface area contributed by atoms with Crippen molar-refractivity contribution in [1.29, 1.82) is 0 Å². The van der Waals surface area contributed by atoms with Gasteiger partial charge in [-0.25, -0.2) is 5.11 Å². The van der Waals surface area contributed by atoms with Crippen molar-refractivity contribution in [3.05, 3.63) is 35.4 Å². The van der Waals surface area contributed by atoms with Crippen LogP contribution >= 0.6 is 81.2 Å². The second-order valence-corrected chi connectivity index (χ2v) is 8.42. The van der Waals surface area contributed by atoms with E-state index in [1.807, 2.05) is 0 Å². The molecule has 1 aromatic rings. The van der Waals surface area contributed by atoms with Gasteiger partial charge in [0.15, 0.2) is 4.33 Å². The molecule has 0 spiro atoms. The standard InChI is InChI=1S/C10H6Cl7O/c11-8(12,9(13,14)10(15,16)17)7-3-1-6(5-18)2-4-7/h1-4H,5H2. The van der Waals surface area contributed by atoms with Gasteiger partial charge in [-0.1, -0.05) is 105 Å². The van der Waals surface area contributed by atoms with E-state index in [4.69, 9.17) is 81.2 Å². The zero-order valence-corrected chi connectivity index (χ0v) is 13.9. The van der Waals surface area contributed by atoms with Gasteiger partial charge in [0, 0.05) is 0 Å². The van der Waals surface area contributed by atoms with Crippen LogP contribution in [-0.2, 0) is 16.0 Å². The normalized spacial score (nSPS) is 13.8. The molecule has 0 amide bonds. The van der Waals surface area contributed by atoms with Crippen LogP contribution in [0.25, 0.3) is 0 Å². The van der Waals surface area contributed by atoms with Crippen LogP contribution in [0.4, 0.5) is 0 Å². The lowest BCUT2D eigenvalue weighted by molar-refractivity contribution is 0.177. The summed E-state index contributed by atoms with van der Waals surface area (Å²) in [5.41, 5.74) is 0.880. The predicted octanol–water partition coefficient (Wildman–Crippen LogP) is 5.79. The van der Waals surface area contributed by atoms with Crippen molar-refractivity contribution in [2.75, 3.05) is 0 Å². The van der Waals surface area contributed by atoms with Gasteiger partial charge in [0.05, 0.1) is 0 Å². The molecule has 1 rings (SSSR count). The Labute approximate surface area is 140 Å². The summed E-state index contributed by atoms with van der Waals surface area (Å²) >= 11 is 41.1. The molecule has 0 aliphatic heterocycles. The van der Waals surface area contributed by atoms with E-state index < -0.39 is 12.5 Å². The molecule has 0 N–H and O–H groups in total. The summed E-state index contributed by atoms with van der Waals surface area (Å²) in [6.45, 7) is -0.366. The summed E-state index contributed by atoms with van der Waals surface area (Å²) in [5.74, 6) is 0. The second-order valence-electron chi connectivity index (χ2n) is 3.49. The van der Waals surface area contributed by atoms with Gasteiger partial charge in [-0.2, -0.15) is 0 Å². The van der Waals surface area contributed by atoms with Crippen LogP contribution in [0, 0.1) is 0 Å². The van der Waals surface area contributed by atoms with Gasteiger partial charge in [0.2, 0.25) is 8.13 Å². The molecule has 101 valence electrons. The maximum absolute atomic E-state index is 10.7. The average molecular weight is 390 g/mol. The molecular weight excluding hydrogens is 384 g/mol. The first-order chi connectivity index (χ1) is 8.04. The van der Waals surface area contributed by atoms with E-state index in [2.05, 4.69) is 0 Å². The van der Waals surface area contributed by atoms with Crippen LogP contribution < -0.4 is 0 Å². The van der Waals surface area contributed by atoms with Crippen LogP contribution in [0.3, 0.4) is 0 Å². The lowest BCUT2D eigenvalue weighted by Gasteiger charge is -2.37. The zero-order valence-electron chi connectivity index (χ0n) is 8.57. The van der Waals surface area contributed by atoms with Crippen molar-refractivity contribution in [1.82, 2.24) is 0 Å². The number of rotatable bonds is 3. The fourth-order valence-electron chi connectivity index (χ4n) is 1.17. The molecule has 0 heterocycles. The predicted molar refractivity (Wildman–Crippen MR) is 78.9 cm³/mol. The Kier molecular flexibility index (Phi) is 5.67. The van der Waals surface area contributed by atoms with E-state index in [-0.39, 0.29) is 6.61 Å². The molecule has 0 saturated carbocycles. The second kappa shape index (κ2) is 5.91. The molecular formula is C10H6Cl7O. The minimum absolute atomic E-state index is 0.319. The molecule has 1 aromatic carbocycles. The maximum atomic E-state index is 10.7.